The summed E-state index contributed by atoms with van der Waals surface area (Å²) in [5.41, 5.74) is 0.263. The van der Waals surface area contributed by atoms with Gasteiger partial charge < -0.3 is 5.32 Å². The average molecular weight is 399 g/mol. The fourth-order valence-corrected chi connectivity index (χ4v) is 3.04. The summed E-state index contributed by atoms with van der Waals surface area (Å²) in [7, 11) is 0. The summed E-state index contributed by atoms with van der Waals surface area (Å²) >= 11 is 0. The van der Waals surface area contributed by atoms with E-state index in [-0.39, 0.29) is 25.5 Å². The molecular weight excluding hydrogens is 384 g/mol. The molecule has 0 saturated heterocycles. The van der Waals surface area contributed by atoms with Crippen molar-refractivity contribution in [1.82, 2.24) is 19.7 Å². The molecule has 0 unspecified atom stereocenters. The van der Waals surface area contributed by atoms with Crippen LogP contribution in [0.25, 0.3) is 0 Å². The van der Waals surface area contributed by atoms with Gasteiger partial charge in [0, 0.05) is 12.2 Å². The molecule has 0 fully saturated rings. The van der Waals surface area contributed by atoms with Crippen molar-refractivity contribution in [2.45, 2.75) is 19.6 Å². The first-order chi connectivity index (χ1) is 13.9. The highest BCUT2D eigenvalue weighted by molar-refractivity contribution is 5.96. The lowest BCUT2D eigenvalue weighted by atomic mass is 10.2. The highest BCUT2D eigenvalue weighted by Crippen LogP contribution is 2.22. The minimum absolute atomic E-state index is 0.0254. The molecule has 2 heterocycles. The summed E-state index contributed by atoms with van der Waals surface area (Å²) < 4.78 is 28.0. The van der Waals surface area contributed by atoms with Gasteiger partial charge in [0.15, 0.2) is 5.82 Å². The molecule has 8 nitrogen and oxygen atoms in total. The maximum Gasteiger partial charge on any atom is 0.354 e. The van der Waals surface area contributed by atoms with Crippen LogP contribution in [0.4, 0.5) is 19.3 Å². The van der Waals surface area contributed by atoms with Crippen LogP contribution < -0.4 is 15.9 Å². The van der Waals surface area contributed by atoms with E-state index in [9.17, 15) is 23.2 Å². The molecule has 1 N–H and O–H groups in total. The van der Waals surface area contributed by atoms with Crippen molar-refractivity contribution in [2.75, 3.05) is 4.90 Å². The van der Waals surface area contributed by atoms with Gasteiger partial charge in [-0.1, -0.05) is 12.1 Å². The summed E-state index contributed by atoms with van der Waals surface area (Å²) in [4.78, 5) is 38.4. The molecular formula is C19H15F2N5O3. The van der Waals surface area contributed by atoms with Crippen molar-refractivity contribution >= 4 is 17.6 Å². The zero-order chi connectivity index (χ0) is 20.5. The van der Waals surface area contributed by atoms with Crippen molar-refractivity contribution in [3.63, 3.8) is 0 Å². The fraction of sp³-hybridized carbons (Fsp3) is 0.158. The first kappa shape index (κ1) is 18.5. The second-order valence-corrected chi connectivity index (χ2v) is 6.44. The van der Waals surface area contributed by atoms with Crippen LogP contribution in [0.2, 0.25) is 0 Å². The van der Waals surface area contributed by atoms with Gasteiger partial charge in [0.25, 0.3) is 0 Å². The van der Waals surface area contributed by atoms with E-state index in [0.29, 0.717) is 11.3 Å². The molecule has 29 heavy (non-hydrogen) atoms. The molecule has 1 aliphatic rings. The molecule has 0 aliphatic carbocycles. The van der Waals surface area contributed by atoms with Crippen LogP contribution in [-0.4, -0.2) is 26.3 Å². The molecule has 2 aromatic carbocycles. The number of hydrogen-bond donors (Lipinski definition) is 1. The quantitative estimate of drug-likeness (QED) is 0.706. The van der Waals surface area contributed by atoms with Crippen molar-refractivity contribution in [2.24, 2.45) is 0 Å². The normalized spacial score (nSPS) is 12.9. The maximum atomic E-state index is 13.2. The van der Waals surface area contributed by atoms with Crippen molar-refractivity contribution in [3.05, 3.63) is 82.0 Å². The number of nitrogens with zero attached hydrogens (tertiary/aromatic N) is 4. The van der Waals surface area contributed by atoms with Crippen molar-refractivity contribution in [1.29, 1.82) is 0 Å². The third-order valence-corrected chi connectivity index (χ3v) is 4.44. The zero-order valence-corrected chi connectivity index (χ0v) is 15.0. The molecule has 4 rings (SSSR count). The predicted molar refractivity (Wildman–Crippen MR) is 98.1 cm³/mol. The van der Waals surface area contributed by atoms with Gasteiger partial charge in [-0.25, -0.2) is 23.1 Å². The van der Waals surface area contributed by atoms with Crippen LogP contribution in [0.15, 0.2) is 53.3 Å². The summed E-state index contributed by atoms with van der Waals surface area (Å²) in [5.74, 6) is -1.18. The Bertz CT molecular complexity index is 1150. The highest BCUT2D eigenvalue weighted by Gasteiger charge is 2.33. The molecule has 0 atom stereocenters. The highest BCUT2D eigenvalue weighted by atomic mass is 19.1. The molecule has 148 valence electrons. The summed E-state index contributed by atoms with van der Waals surface area (Å²) in [5, 5.41) is 6.63. The Morgan fingerprint density at radius 1 is 1.07 bits per heavy atom. The summed E-state index contributed by atoms with van der Waals surface area (Å²) in [6.07, 6.45) is 0. The van der Waals surface area contributed by atoms with Crippen molar-refractivity contribution < 1.29 is 18.4 Å². The Kier molecular flexibility index (Phi) is 4.67. The smallest absolute Gasteiger partial charge is 0.350 e. The van der Waals surface area contributed by atoms with Gasteiger partial charge in [0.1, 0.15) is 18.2 Å². The number of rotatable bonds is 5. The molecule has 0 saturated carbocycles. The van der Waals surface area contributed by atoms with E-state index in [4.69, 9.17) is 0 Å². The minimum atomic E-state index is -0.740. The van der Waals surface area contributed by atoms with E-state index in [0.717, 1.165) is 9.25 Å². The average Bonchev–Trinajstić information content (AvgIpc) is 3.17. The van der Waals surface area contributed by atoms with Gasteiger partial charge in [-0.2, -0.15) is 9.67 Å². The van der Waals surface area contributed by atoms with E-state index in [1.807, 2.05) is 0 Å². The van der Waals surface area contributed by atoms with Gasteiger partial charge in [-0.3, -0.25) is 9.69 Å². The van der Waals surface area contributed by atoms with Crippen molar-refractivity contribution in [3.8, 4) is 0 Å². The number of benzene rings is 2. The topological polar surface area (TPSA) is 89.2 Å². The largest absolute Gasteiger partial charge is 0.354 e. The standard InChI is InChI=1S/C19H15F2N5O3/c20-13-4-6-15(7-5-13)24-10-16-23-25(19(29)26(16)18(24)28)11-17(27)22-9-12-2-1-3-14(21)8-12/h1-8H,9-11H2,(H,22,27). The molecule has 3 aromatic rings. The summed E-state index contributed by atoms with van der Waals surface area (Å²) in [6.45, 7) is -0.258. The van der Waals surface area contributed by atoms with Gasteiger partial charge in [-0.15, -0.1) is 0 Å². The Hall–Kier alpha value is -3.82. The molecule has 0 bridgehead atoms. The second kappa shape index (κ2) is 7.30. The SMILES string of the molecule is O=C(Cn1nc2n(c1=O)C(=O)N(c1ccc(F)cc1)C2)NCc1cccc(F)c1. The van der Waals surface area contributed by atoms with E-state index < -0.39 is 29.3 Å². The number of aromatic nitrogens is 3. The van der Waals surface area contributed by atoms with E-state index >= 15 is 0 Å². The number of fused-ring (bicyclic) bond motifs is 1. The van der Waals surface area contributed by atoms with Gasteiger partial charge in [0.05, 0.1) is 6.54 Å². The summed E-state index contributed by atoms with van der Waals surface area (Å²) in [6, 6.07) is 10.4. The Labute approximate surface area is 163 Å². The number of nitrogens with one attached hydrogen (secondary N) is 1. The fourth-order valence-electron chi connectivity index (χ4n) is 3.04. The van der Waals surface area contributed by atoms with Crippen LogP contribution >= 0.6 is 0 Å². The lowest BCUT2D eigenvalue weighted by molar-refractivity contribution is -0.122. The van der Waals surface area contributed by atoms with E-state index in [2.05, 4.69) is 10.4 Å². The molecule has 0 radical (unpaired) electrons. The monoisotopic (exact) mass is 399 g/mol. The van der Waals surface area contributed by atoms with Gasteiger partial charge in [-0.05, 0) is 42.0 Å². The maximum absolute atomic E-state index is 13.2. The lowest BCUT2D eigenvalue weighted by Gasteiger charge is -2.14. The number of hydrogen-bond acceptors (Lipinski definition) is 4. The van der Waals surface area contributed by atoms with Crippen LogP contribution in [-0.2, 0) is 24.4 Å². The van der Waals surface area contributed by atoms with E-state index in [1.54, 1.807) is 6.07 Å². The molecule has 0 spiro atoms. The second-order valence-electron chi connectivity index (χ2n) is 6.44. The lowest BCUT2D eigenvalue weighted by Crippen LogP contribution is -2.37. The molecule has 10 heteroatoms. The predicted octanol–water partition coefficient (Wildman–Crippen LogP) is 1.63. The number of amides is 2. The molecule has 1 aliphatic heterocycles. The van der Waals surface area contributed by atoms with Gasteiger partial charge >= 0.3 is 11.7 Å². The number of carbonyl (C=O) groups excluding carboxylic acids is 2. The first-order valence-corrected chi connectivity index (χ1v) is 8.69. The van der Waals surface area contributed by atoms with Crippen LogP contribution in [0.3, 0.4) is 0 Å². The van der Waals surface area contributed by atoms with Crippen LogP contribution in [0, 0.1) is 11.6 Å². The van der Waals surface area contributed by atoms with Crippen LogP contribution in [0.5, 0.6) is 0 Å². The number of carbonyl (C=O) groups is 2. The third kappa shape index (κ3) is 3.64. The number of halogens is 2. The van der Waals surface area contributed by atoms with Crippen LogP contribution in [0.1, 0.15) is 11.4 Å². The third-order valence-electron chi connectivity index (χ3n) is 4.44. The minimum Gasteiger partial charge on any atom is -0.350 e. The number of anilines is 1. The molecule has 2 amide bonds. The Balaban J connectivity index is 1.44. The molecule has 1 aromatic heterocycles. The zero-order valence-electron chi connectivity index (χ0n) is 15.0. The first-order valence-electron chi connectivity index (χ1n) is 8.69. The Morgan fingerprint density at radius 3 is 2.52 bits per heavy atom. The Morgan fingerprint density at radius 2 is 1.83 bits per heavy atom. The van der Waals surface area contributed by atoms with E-state index in [1.165, 1.54) is 47.4 Å². The van der Waals surface area contributed by atoms with Gasteiger partial charge in [0.2, 0.25) is 5.91 Å².